The van der Waals surface area contributed by atoms with Crippen molar-refractivity contribution in [3.8, 4) is 11.5 Å². The normalized spacial score (nSPS) is 19.5. The molecule has 0 N–H and O–H groups in total. The lowest BCUT2D eigenvalue weighted by atomic mass is 10.1. The molecule has 1 amide bonds. The number of rotatable bonds is 6. The number of nitrogens with zero attached hydrogens (tertiary/aromatic N) is 3. The number of hydrogen-bond acceptors (Lipinski definition) is 7. The van der Waals surface area contributed by atoms with E-state index in [1.807, 2.05) is 39.0 Å². The second-order valence-electron chi connectivity index (χ2n) is 7.11. The van der Waals surface area contributed by atoms with Crippen molar-refractivity contribution in [2.75, 3.05) is 18.1 Å². The topological polar surface area (TPSA) is 93.4 Å². The van der Waals surface area contributed by atoms with Crippen molar-refractivity contribution in [2.24, 2.45) is 0 Å². The van der Waals surface area contributed by atoms with Gasteiger partial charge in [-0.25, -0.2) is 8.42 Å². The molecule has 1 aliphatic rings. The number of benzene rings is 1. The van der Waals surface area contributed by atoms with Crippen LogP contribution in [-0.2, 0) is 14.6 Å². The molecule has 9 heteroatoms. The summed E-state index contributed by atoms with van der Waals surface area (Å²) in [6.07, 6.45) is 0.497. The Labute approximate surface area is 169 Å². The van der Waals surface area contributed by atoms with Gasteiger partial charge in [-0.1, -0.05) is 17.8 Å². The fraction of sp³-hybridized carbons (Fsp3) is 0.526. The quantitative estimate of drug-likeness (QED) is 0.660. The number of hydrogen-bond donors (Lipinski definition) is 0. The van der Waals surface area contributed by atoms with Gasteiger partial charge in [0, 0.05) is 18.2 Å². The lowest BCUT2D eigenvalue weighted by Gasteiger charge is -2.28. The van der Waals surface area contributed by atoms with Gasteiger partial charge in [-0.15, -0.1) is 10.2 Å². The molecule has 2 aromatic rings. The molecule has 2 heterocycles. The van der Waals surface area contributed by atoms with Gasteiger partial charge in [0.05, 0.1) is 16.8 Å². The third-order valence-electron chi connectivity index (χ3n) is 5.06. The highest BCUT2D eigenvalue weighted by molar-refractivity contribution is 8.00. The van der Waals surface area contributed by atoms with Crippen molar-refractivity contribution in [2.45, 2.75) is 50.6 Å². The van der Waals surface area contributed by atoms with Gasteiger partial charge in [0.1, 0.15) is 0 Å². The zero-order chi connectivity index (χ0) is 20.5. The zero-order valence-corrected chi connectivity index (χ0v) is 18.1. The van der Waals surface area contributed by atoms with Gasteiger partial charge in [0.25, 0.3) is 5.22 Å². The highest BCUT2D eigenvalue weighted by Gasteiger charge is 2.35. The lowest BCUT2D eigenvalue weighted by Crippen LogP contribution is -2.44. The van der Waals surface area contributed by atoms with Gasteiger partial charge >= 0.3 is 0 Å². The number of sulfone groups is 1. The van der Waals surface area contributed by atoms with Crippen LogP contribution >= 0.6 is 11.8 Å². The minimum absolute atomic E-state index is 0.0431. The number of aromatic nitrogens is 2. The van der Waals surface area contributed by atoms with Crippen LogP contribution in [0.4, 0.5) is 0 Å². The molecule has 1 fully saturated rings. The Morgan fingerprint density at radius 1 is 1.32 bits per heavy atom. The van der Waals surface area contributed by atoms with E-state index in [0.717, 1.165) is 11.1 Å². The molecular weight excluding hydrogens is 398 g/mol. The number of carbonyl (C=O) groups is 1. The fourth-order valence-electron chi connectivity index (χ4n) is 3.30. The van der Waals surface area contributed by atoms with E-state index in [1.54, 1.807) is 11.8 Å². The molecular formula is C19H25N3O4S2. The molecule has 28 heavy (non-hydrogen) atoms. The number of thioether (sulfide) groups is 1. The van der Waals surface area contributed by atoms with Gasteiger partial charge in [-0.3, -0.25) is 4.79 Å². The fourth-order valence-corrected chi connectivity index (χ4v) is 5.78. The summed E-state index contributed by atoms with van der Waals surface area (Å²) >= 11 is 1.20. The van der Waals surface area contributed by atoms with E-state index >= 15 is 0 Å². The monoisotopic (exact) mass is 423 g/mol. The second kappa shape index (κ2) is 8.24. The van der Waals surface area contributed by atoms with Crippen molar-refractivity contribution in [1.82, 2.24) is 15.1 Å². The van der Waals surface area contributed by atoms with E-state index in [9.17, 15) is 13.2 Å². The maximum absolute atomic E-state index is 12.9. The van der Waals surface area contributed by atoms with Crippen LogP contribution in [0.15, 0.2) is 27.8 Å². The van der Waals surface area contributed by atoms with Gasteiger partial charge in [0.15, 0.2) is 9.84 Å². The van der Waals surface area contributed by atoms with E-state index in [0.29, 0.717) is 24.1 Å². The number of amides is 1. The van der Waals surface area contributed by atoms with Crippen LogP contribution in [0.1, 0.15) is 31.4 Å². The van der Waals surface area contributed by atoms with Crippen LogP contribution in [-0.4, -0.2) is 58.8 Å². The van der Waals surface area contributed by atoms with Gasteiger partial charge in [-0.2, -0.15) is 0 Å². The SMILES string of the molecule is CCN(C(=O)[C@H](C)Sc1nnc(-c2ccc(C)c(C)c2)o1)[C@H]1CCS(=O)(=O)C1. The van der Waals surface area contributed by atoms with Gasteiger partial charge in [0.2, 0.25) is 11.8 Å². The summed E-state index contributed by atoms with van der Waals surface area (Å²) in [7, 11) is -3.04. The van der Waals surface area contributed by atoms with E-state index in [-0.39, 0.29) is 23.5 Å². The van der Waals surface area contributed by atoms with Crippen LogP contribution in [0.2, 0.25) is 0 Å². The molecule has 0 unspecified atom stereocenters. The Bertz CT molecular complexity index is 971. The summed E-state index contributed by atoms with van der Waals surface area (Å²) in [5.74, 6) is 0.493. The van der Waals surface area contributed by atoms with Crippen LogP contribution in [0.25, 0.3) is 11.5 Å². The Morgan fingerprint density at radius 3 is 2.68 bits per heavy atom. The van der Waals surface area contributed by atoms with Crippen molar-refractivity contribution >= 4 is 27.5 Å². The molecule has 7 nitrogen and oxygen atoms in total. The molecule has 2 atom stereocenters. The van der Waals surface area contributed by atoms with Crippen molar-refractivity contribution < 1.29 is 17.6 Å². The average molecular weight is 424 g/mol. The van der Waals surface area contributed by atoms with E-state index in [1.165, 1.54) is 17.3 Å². The maximum Gasteiger partial charge on any atom is 0.277 e. The minimum Gasteiger partial charge on any atom is -0.411 e. The Hall–Kier alpha value is -1.87. The summed E-state index contributed by atoms with van der Waals surface area (Å²) in [6.45, 7) is 8.18. The predicted molar refractivity (Wildman–Crippen MR) is 109 cm³/mol. The highest BCUT2D eigenvalue weighted by atomic mass is 32.2. The molecule has 0 saturated carbocycles. The van der Waals surface area contributed by atoms with E-state index in [2.05, 4.69) is 10.2 Å². The standard InChI is InChI=1S/C19H25N3O4S2/c1-5-22(16-8-9-28(24,25)11-16)18(23)14(4)27-19-21-20-17(26-19)15-7-6-12(2)13(3)10-15/h6-7,10,14,16H,5,8-9,11H2,1-4H3/t14-,16-/m0/s1. The van der Waals surface area contributed by atoms with Gasteiger partial charge < -0.3 is 9.32 Å². The maximum atomic E-state index is 12.9. The van der Waals surface area contributed by atoms with Crippen molar-refractivity contribution in [3.05, 3.63) is 29.3 Å². The molecule has 0 radical (unpaired) electrons. The summed E-state index contributed by atoms with van der Waals surface area (Å²) in [5.41, 5.74) is 3.16. The van der Waals surface area contributed by atoms with E-state index in [4.69, 9.17) is 4.42 Å². The summed E-state index contributed by atoms with van der Waals surface area (Å²) in [4.78, 5) is 14.5. The Morgan fingerprint density at radius 2 is 2.07 bits per heavy atom. The molecule has 152 valence electrons. The first-order valence-electron chi connectivity index (χ1n) is 9.29. The second-order valence-corrected chi connectivity index (χ2v) is 10.6. The molecule has 1 aromatic heterocycles. The summed E-state index contributed by atoms with van der Waals surface area (Å²) in [5, 5.41) is 8.02. The highest BCUT2D eigenvalue weighted by Crippen LogP contribution is 2.29. The average Bonchev–Trinajstić information content (AvgIpc) is 3.24. The molecule has 1 saturated heterocycles. The zero-order valence-electron chi connectivity index (χ0n) is 16.5. The Kier molecular flexibility index (Phi) is 6.14. The van der Waals surface area contributed by atoms with Crippen LogP contribution in [0.3, 0.4) is 0 Å². The van der Waals surface area contributed by atoms with Crippen LogP contribution < -0.4 is 0 Å². The smallest absolute Gasteiger partial charge is 0.277 e. The Balaban J connectivity index is 1.68. The van der Waals surface area contributed by atoms with Gasteiger partial charge in [-0.05, 0) is 57.4 Å². The molecule has 1 aliphatic heterocycles. The molecule has 3 rings (SSSR count). The number of aryl methyl sites for hydroxylation is 2. The van der Waals surface area contributed by atoms with Crippen LogP contribution in [0.5, 0.6) is 0 Å². The third kappa shape index (κ3) is 4.57. The summed E-state index contributed by atoms with van der Waals surface area (Å²) in [6, 6.07) is 5.67. The van der Waals surface area contributed by atoms with Crippen LogP contribution in [0, 0.1) is 13.8 Å². The molecule has 0 bridgehead atoms. The number of carbonyl (C=O) groups excluding carboxylic acids is 1. The van der Waals surface area contributed by atoms with E-state index < -0.39 is 15.1 Å². The first-order chi connectivity index (χ1) is 13.2. The third-order valence-corrected chi connectivity index (χ3v) is 7.73. The first-order valence-corrected chi connectivity index (χ1v) is 12.0. The van der Waals surface area contributed by atoms with Crippen molar-refractivity contribution in [1.29, 1.82) is 0 Å². The summed E-state index contributed by atoms with van der Waals surface area (Å²) < 4.78 is 29.2. The predicted octanol–water partition coefficient (Wildman–Crippen LogP) is 2.87. The first kappa shape index (κ1) is 20.9. The molecule has 0 spiro atoms. The molecule has 1 aromatic carbocycles. The minimum atomic E-state index is -3.04. The largest absolute Gasteiger partial charge is 0.411 e. The van der Waals surface area contributed by atoms with Crippen molar-refractivity contribution in [3.63, 3.8) is 0 Å². The lowest BCUT2D eigenvalue weighted by molar-refractivity contribution is -0.131. The molecule has 0 aliphatic carbocycles.